The number of esters is 1. The number of methoxy groups -OCH3 is 2. The smallest absolute Gasteiger partial charge is 0.330 e. The Morgan fingerprint density at radius 3 is 1.91 bits per heavy atom. The summed E-state index contributed by atoms with van der Waals surface area (Å²) in [7, 11) is 2.54. The number of hydrogen-bond donors (Lipinski definition) is 16. The Labute approximate surface area is 520 Å². The second-order valence-corrected chi connectivity index (χ2v) is 22.1. The highest BCUT2D eigenvalue weighted by Gasteiger charge is 2.50. The van der Waals surface area contributed by atoms with Crippen LogP contribution >= 0.6 is 0 Å². The first kappa shape index (κ1) is 61.4. The van der Waals surface area contributed by atoms with Gasteiger partial charge in [-0.3, -0.25) is 0 Å². The SMILES string of the molecule is COc1cc(C2=C(O[C@@H]3O[C@H](COC(=O)C=Cc4ccc(O)cc4)[C@@H](O)[C@H](O)[C@H]3O)C3=C4C(=CC(O)=CC4[OH+]C(C=Cc4c(O)cc(O)c5c4O[C@@H](c4ccc(O)c(O)c4)[C@H](O)[C@H]5c4c(O)cc(O)c5c4O[C@H](c4ccc(O)c(O)c4)[C@@H](O)C5)=C3)O2)cc(OC)c1O. The fraction of sp³-hybridized carbons (Fsp3) is 0.227. The quantitative estimate of drug-likeness (QED) is 0.0283. The largest absolute Gasteiger partial charge is 0.574 e. The van der Waals surface area contributed by atoms with E-state index in [2.05, 4.69) is 0 Å². The van der Waals surface area contributed by atoms with Crippen LogP contribution in [0.15, 0.2) is 149 Å². The third-order valence-electron chi connectivity index (χ3n) is 16.3. The molecule has 1 saturated heterocycles. The van der Waals surface area contributed by atoms with E-state index in [-0.39, 0.29) is 114 Å². The molecule has 5 heterocycles. The Bertz CT molecular complexity index is 4170. The van der Waals surface area contributed by atoms with Gasteiger partial charge in [0.2, 0.25) is 18.1 Å². The zero-order chi connectivity index (χ0) is 65.3. The van der Waals surface area contributed by atoms with Crippen LogP contribution in [0.25, 0.3) is 17.9 Å². The molecule has 1 aliphatic carbocycles. The molecule has 1 fully saturated rings. The number of benzene rings is 6. The number of aromatic hydroxyl groups is 10. The average molecular weight is 1270 g/mol. The van der Waals surface area contributed by atoms with E-state index in [9.17, 15) is 86.5 Å². The van der Waals surface area contributed by atoms with E-state index in [1.54, 1.807) is 0 Å². The van der Waals surface area contributed by atoms with E-state index in [1.165, 1.54) is 99.2 Å². The van der Waals surface area contributed by atoms with Gasteiger partial charge in [-0.1, -0.05) is 24.3 Å². The first-order valence-electron chi connectivity index (χ1n) is 28.3. The molecule has 6 aromatic rings. The number of phenolic OH excluding ortho intramolecular Hbond substituents is 10. The summed E-state index contributed by atoms with van der Waals surface area (Å²) in [4.78, 5) is 12.9. The third kappa shape index (κ3) is 11.2. The van der Waals surface area contributed by atoms with E-state index in [0.717, 1.165) is 42.5 Å². The zero-order valence-corrected chi connectivity index (χ0v) is 48.2. The van der Waals surface area contributed by atoms with Crippen LogP contribution in [-0.4, -0.2) is 162 Å². The summed E-state index contributed by atoms with van der Waals surface area (Å²) in [6, 6.07) is 17.6. The molecule has 92 heavy (non-hydrogen) atoms. The lowest BCUT2D eigenvalue weighted by molar-refractivity contribution is -0.291. The van der Waals surface area contributed by atoms with Crippen molar-refractivity contribution in [3.05, 3.63) is 194 Å². The molecule has 26 nitrogen and oxygen atoms in total. The molecule has 12 rings (SSSR count). The predicted molar refractivity (Wildman–Crippen MR) is 317 cm³/mol. The molecule has 17 N–H and O–H groups in total. The minimum Gasteiger partial charge on any atom is -0.574 e. The predicted octanol–water partition coefficient (Wildman–Crippen LogP) is 5.35. The van der Waals surface area contributed by atoms with Crippen LogP contribution in [0.2, 0.25) is 0 Å². The van der Waals surface area contributed by atoms with Crippen molar-refractivity contribution < 1.29 is 129 Å². The van der Waals surface area contributed by atoms with Crippen molar-refractivity contribution in [2.75, 3.05) is 20.8 Å². The maximum atomic E-state index is 12.9. The molecule has 11 atom stereocenters. The number of allylic oxidation sites excluding steroid dienone is 3. The molecule has 6 aromatic carbocycles. The molecule has 5 aliphatic heterocycles. The summed E-state index contributed by atoms with van der Waals surface area (Å²) < 4.78 is 53.3. The van der Waals surface area contributed by atoms with Gasteiger partial charge in [0.25, 0.3) is 5.76 Å². The van der Waals surface area contributed by atoms with Gasteiger partial charge in [-0.15, -0.1) is 0 Å². The van der Waals surface area contributed by atoms with E-state index in [1.807, 2.05) is 0 Å². The summed E-state index contributed by atoms with van der Waals surface area (Å²) in [5.41, 5.74) is 0.265. The van der Waals surface area contributed by atoms with Gasteiger partial charge < -0.3 is 124 Å². The van der Waals surface area contributed by atoms with E-state index >= 15 is 0 Å². The highest BCUT2D eigenvalue weighted by molar-refractivity contribution is 5.87. The summed E-state index contributed by atoms with van der Waals surface area (Å²) in [5.74, 6) is -9.49. The number of carbonyl (C=O) groups excluding carboxylic acids is 1. The summed E-state index contributed by atoms with van der Waals surface area (Å²) in [6.07, 6.45) is -7.88. The number of aliphatic hydroxyl groups excluding tert-OH is 6. The minimum atomic E-state index is -2.03. The second kappa shape index (κ2) is 24.2. The molecule has 0 radical (unpaired) electrons. The highest BCUT2D eigenvalue weighted by atomic mass is 16.7. The Balaban J connectivity index is 0.971. The van der Waals surface area contributed by atoms with Crippen LogP contribution in [0.4, 0.5) is 0 Å². The van der Waals surface area contributed by atoms with Crippen molar-refractivity contribution in [1.29, 1.82) is 0 Å². The fourth-order valence-corrected chi connectivity index (χ4v) is 11.8. The molecule has 0 spiro atoms. The molecule has 26 heteroatoms. The van der Waals surface area contributed by atoms with Crippen molar-refractivity contribution >= 4 is 23.9 Å². The Hall–Kier alpha value is -10.9. The first-order chi connectivity index (χ1) is 44.0. The molecule has 0 bridgehead atoms. The average Bonchev–Trinajstić information content (AvgIpc) is 0.731. The van der Waals surface area contributed by atoms with Gasteiger partial charge in [0.1, 0.15) is 101 Å². The number of carbonyl (C=O) groups is 1. The molecule has 1 unspecified atom stereocenters. The number of fused-ring (bicyclic) bond motifs is 2. The fourth-order valence-electron chi connectivity index (χ4n) is 11.8. The van der Waals surface area contributed by atoms with E-state index < -0.39 is 131 Å². The molecular weight excluding hydrogens is 1210 g/mol. The zero-order valence-electron chi connectivity index (χ0n) is 48.2. The molecule has 478 valence electrons. The second-order valence-electron chi connectivity index (χ2n) is 22.1. The lowest BCUT2D eigenvalue weighted by Gasteiger charge is -2.41. The molecule has 0 aromatic heterocycles. The van der Waals surface area contributed by atoms with Crippen molar-refractivity contribution in [2.45, 2.75) is 73.6 Å². The summed E-state index contributed by atoms with van der Waals surface area (Å²) >= 11 is 0. The normalized spacial score (nSPS) is 24.8. The van der Waals surface area contributed by atoms with Crippen LogP contribution < -0.4 is 18.9 Å². The number of ether oxygens (including phenoxy) is 9. The van der Waals surface area contributed by atoms with E-state index in [0.29, 0.717) is 5.56 Å². The van der Waals surface area contributed by atoms with Gasteiger partial charge in [0, 0.05) is 70.7 Å². The Morgan fingerprint density at radius 2 is 1.26 bits per heavy atom. The molecule has 0 saturated carbocycles. The Kier molecular flexibility index (Phi) is 16.1. The third-order valence-corrected chi connectivity index (χ3v) is 16.3. The van der Waals surface area contributed by atoms with Gasteiger partial charge in [-0.2, -0.15) is 0 Å². The van der Waals surface area contributed by atoms with Crippen molar-refractivity contribution in [1.82, 2.24) is 0 Å². The molecule has 0 amide bonds. The topological polar surface area (TPSA) is 427 Å². The lowest BCUT2D eigenvalue weighted by atomic mass is 9.76. The Morgan fingerprint density at radius 1 is 0.630 bits per heavy atom. The monoisotopic (exact) mass is 1270 g/mol. The van der Waals surface area contributed by atoms with Crippen LogP contribution in [0.1, 0.15) is 62.6 Å². The van der Waals surface area contributed by atoms with Crippen LogP contribution in [0.3, 0.4) is 0 Å². The van der Waals surface area contributed by atoms with Gasteiger partial charge in [0.05, 0.1) is 37.9 Å². The molecular formula is C66H59O26+. The van der Waals surface area contributed by atoms with Gasteiger partial charge in [0.15, 0.2) is 52.1 Å². The van der Waals surface area contributed by atoms with Crippen molar-refractivity contribution in [3.63, 3.8) is 0 Å². The molecule has 6 aliphatic rings. The van der Waals surface area contributed by atoms with E-state index in [4.69, 9.17) is 42.6 Å². The number of hydrogen-bond acceptors (Lipinski definition) is 25. The number of phenols is 10. The summed E-state index contributed by atoms with van der Waals surface area (Å²) in [5, 5.41) is 179. The first-order valence-corrected chi connectivity index (χ1v) is 28.3. The standard InChI is InChI=1S/C66H58O26/c1-84-47-17-29(18-48(85-2)55(47)79)62-65(92-66-59(83)58(82)56(80)49(89-66)25-86-50(78)14-5-26-3-8-30(67)9-4-26)35-21-32(87-45-19-31(68)20-46(88-62)51(35)45)10-11-33-38(71)23-42(75)52-54(57(81)61(91-63(33)52)28-7-13-37(70)41(74)16-28)53-43(76)24-39(72)34-22-44(77)60(90-64(34)53)27-6-12-36(69)40(73)15-27/h3-21,23-24,44-45,49,54,56-61,66-77,79-83H,22,25H2,1-2H3/p+1/t44-,45?,49+,54+,56+,57+,58-,59+,60+,61-,66-/m0/s1. The van der Waals surface area contributed by atoms with Crippen LogP contribution in [-0.2, 0) is 30.2 Å². The van der Waals surface area contributed by atoms with Crippen molar-refractivity contribution in [2.24, 2.45) is 0 Å². The minimum absolute atomic E-state index is 0.000472. The van der Waals surface area contributed by atoms with Crippen LogP contribution in [0.5, 0.6) is 80.5 Å². The van der Waals surface area contributed by atoms with Gasteiger partial charge in [-0.05, 0) is 77.4 Å². The summed E-state index contributed by atoms with van der Waals surface area (Å²) in [6.45, 7) is -0.682. The van der Waals surface area contributed by atoms with Gasteiger partial charge >= 0.3 is 5.97 Å². The maximum Gasteiger partial charge on any atom is 0.330 e. The number of aliphatic hydroxyl groups is 8. The van der Waals surface area contributed by atoms with Gasteiger partial charge in [-0.25, -0.2) is 4.79 Å². The number of rotatable bonds is 14. The van der Waals surface area contributed by atoms with Crippen molar-refractivity contribution in [3.8, 4) is 80.5 Å². The highest BCUT2D eigenvalue weighted by Crippen LogP contribution is 2.59. The lowest BCUT2D eigenvalue weighted by Crippen LogP contribution is -2.59. The van der Waals surface area contributed by atoms with Crippen LogP contribution in [0, 0.1) is 0 Å². The maximum absolute atomic E-state index is 12.9.